The Morgan fingerprint density at radius 3 is 2.76 bits per heavy atom. The molecule has 0 aromatic carbocycles. The van der Waals surface area contributed by atoms with E-state index in [4.69, 9.17) is 9.72 Å². The number of likely N-dealkylation sites (tertiary alicyclic amines) is 1. The highest BCUT2D eigenvalue weighted by atomic mass is 16.6. The maximum atomic E-state index is 12.6. The van der Waals surface area contributed by atoms with Gasteiger partial charge in [-0.25, -0.2) is 14.8 Å². The molecule has 1 fully saturated rings. The Hall–Kier alpha value is -2.45. The number of nitrogens with one attached hydrogen (secondary N) is 1. The first kappa shape index (κ1) is 23.7. The molecule has 8 nitrogen and oxygen atoms in total. The third-order valence-electron chi connectivity index (χ3n) is 6.79. The first-order valence-electron chi connectivity index (χ1n) is 11.9. The number of aliphatic hydroxyl groups excluding tert-OH is 1. The number of hydrogen-bond acceptors (Lipinski definition) is 7. The zero-order valence-electron chi connectivity index (χ0n) is 20.6. The summed E-state index contributed by atoms with van der Waals surface area (Å²) < 4.78 is 5.54. The smallest absolute Gasteiger partial charge is 0.410 e. The Kier molecular flexibility index (Phi) is 6.51. The number of carbonyl (C=O) groups excluding carboxylic acids is 1. The summed E-state index contributed by atoms with van der Waals surface area (Å²) in [5.74, 6) is 1.44. The monoisotopic (exact) mass is 455 g/mol. The number of aromatic nitrogens is 2. The number of amides is 1. The number of aliphatic hydroxyl groups is 1. The molecule has 1 aromatic heterocycles. The lowest BCUT2D eigenvalue weighted by atomic mass is 9.86. The van der Waals surface area contributed by atoms with Gasteiger partial charge in [-0.05, 0) is 46.1 Å². The molecule has 4 rings (SSSR count). The maximum Gasteiger partial charge on any atom is 0.410 e. The topological polar surface area (TPSA) is 90.8 Å². The lowest BCUT2D eigenvalue weighted by Gasteiger charge is -2.40. The average molecular weight is 456 g/mol. The molecule has 33 heavy (non-hydrogen) atoms. The van der Waals surface area contributed by atoms with E-state index in [1.165, 1.54) is 5.57 Å². The van der Waals surface area contributed by atoms with Gasteiger partial charge in [0.05, 0.1) is 17.8 Å². The first-order valence-corrected chi connectivity index (χ1v) is 11.9. The number of rotatable bonds is 3. The Balaban J connectivity index is 1.43. The van der Waals surface area contributed by atoms with Crippen LogP contribution in [0.2, 0.25) is 0 Å². The molecule has 1 aliphatic carbocycles. The third kappa shape index (κ3) is 5.38. The van der Waals surface area contributed by atoms with E-state index >= 15 is 0 Å². The van der Waals surface area contributed by atoms with Crippen molar-refractivity contribution < 1.29 is 14.6 Å². The van der Waals surface area contributed by atoms with Gasteiger partial charge in [-0.3, -0.25) is 4.90 Å². The van der Waals surface area contributed by atoms with Crippen LogP contribution in [0.15, 0.2) is 29.6 Å². The van der Waals surface area contributed by atoms with Crippen molar-refractivity contribution >= 4 is 12.0 Å². The molecule has 1 aromatic rings. The van der Waals surface area contributed by atoms with Crippen molar-refractivity contribution in [1.82, 2.24) is 19.8 Å². The molecule has 4 unspecified atom stereocenters. The molecule has 4 atom stereocenters. The summed E-state index contributed by atoms with van der Waals surface area (Å²) in [5, 5.41) is 14.1. The number of carbonyl (C=O) groups is 1. The number of allylic oxidation sites excluding steroid dienone is 4. The highest BCUT2D eigenvalue weighted by Crippen LogP contribution is 2.31. The van der Waals surface area contributed by atoms with Gasteiger partial charge in [0.2, 0.25) is 5.95 Å². The molecule has 0 radical (unpaired) electrons. The minimum atomic E-state index is -0.539. The number of ether oxygens (including phenoxy) is 1. The van der Waals surface area contributed by atoms with Crippen molar-refractivity contribution in [3.63, 3.8) is 0 Å². The quantitative estimate of drug-likeness (QED) is 0.718. The summed E-state index contributed by atoms with van der Waals surface area (Å²) in [6.45, 7) is 14.4. The van der Waals surface area contributed by atoms with Crippen molar-refractivity contribution in [3.05, 3.63) is 40.9 Å². The summed E-state index contributed by atoms with van der Waals surface area (Å²) in [6.07, 6.45) is 6.05. The molecule has 3 aliphatic rings. The summed E-state index contributed by atoms with van der Waals surface area (Å²) in [7, 11) is 0. The van der Waals surface area contributed by atoms with Gasteiger partial charge < -0.3 is 20.1 Å². The zero-order chi connectivity index (χ0) is 23.9. The minimum Gasteiger partial charge on any atom is -0.444 e. The van der Waals surface area contributed by atoms with Gasteiger partial charge in [-0.1, -0.05) is 25.5 Å². The molecule has 3 heterocycles. The third-order valence-corrected chi connectivity index (χ3v) is 6.79. The minimum absolute atomic E-state index is 0.161. The van der Waals surface area contributed by atoms with Crippen molar-refractivity contribution in [3.8, 4) is 0 Å². The van der Waals surface area contributed by atoms with Crippen LogP contribution in [0.4, 0.5) is 10.7 Å². The SMILES string of the molecule is CC1=CC(C)C(C)C(Nc2ncc3c(n2)CN(C2CN(C(=O)OC(C)(C)C)CCC2O)C3)=C1. The summed E-state index contributed by atoms with van der Waals surface area (Å²) >= 11 is 0. The summed E-state index contributed by atoms with van der Waals surface area (Å²) in [4.78, 5) is 25.8. The van der Waals surface area contributed by atoms with E-state index in [2.05, 4.69) is 48.1 Å². The van der Waals surface area contributed by atoms with Crippen LogP contribution < -0.4 is 5.32 Å². The van der Waals surface area contributed by atoms with Crippen LogP contribution in [0.5, 0.6) is 0 Å². The standard InChI is InChI=1S/C25H37N5O3/c1-15-9-16(2)17(3)19(10-15)27-23-26-11-18-12-30(13-20(18)28-23)21-14-29(8-7-22(21)31)24(32)33-25(4,5)6/h9-11,16-17,21-22,31H,7-8,12-14H2,1-6H3,(H,26,27,28). The Labute approximate surface area is 196 Å². The highest BCUT2D eigenvalue weighted by molar-refractivity contribution is 5.68. The van der Waals surface area contributed by atoms with Gasteiger partial charge in [0.25, 0.3) is 0 Å². The summed E-state index contributed by atoms with van der Waals surface area (Å²) in [5.41, 5.74) is 3.88. The molecular formula is C25H37N5O3. The van der Waals surface area contributed by atoms with E-state index in [0.29, 0.717) is 50.4 Å². The Morgan fingerprint density at radius 1 is 1.27 bits per heavy atom. The number of hydrogen-bond donors (Lipinski definition) is 2. The van der Waals surface area contributed by atoms with Crippen molar-refractivity contribution in [2.75, 3.05) is 18.4 Å². The van der Waals surface area contributed by atoms with Gasteiger partial charge in [0, 0.05) is 49.6 Å². The second-order valence-corrected chi connectivity index (χ2v) is 10.7. The van der Waals surface area contributed by atoms with Crippen LogP contribution in [-0.2, 0) is 17.8 Å². The second-order valence-electron chi connectivity index (χ2n) is 10.7. The maximum absolute atomic E-state index is 12.6. The number of nitrogens with zero attached hydrogens (tertiary/aromatic N) is 4. The van der Waals surface area contributed by atoms with Crippen LogP contribution in [0.25, 0.3) is 0 Å². The van der Waals surface area contributed by atoms with Gasteiger partial charge in [-0.2, -0.15) is 0 Å². The molecule has 8 heteroatoms. The van der Waals surface area contributed by atoms with E-state index in [0.717, 1.165) is 17.0 Å². The van der Waals surface area contributed by atoms with Gasteiger partial charge in [0.15, 0.2) is 0 Å². The number of piperidine rings is 1. The van der Waals surface area contributed by atoms with Gasteiger partial charge >= 0.3 is 6.09 Å². The summed E-state index contributed by atoms with van der Waals surface area (Å²) in [6, 6.07) is -0.161. The van der Waals surface area contributed by atoms with Gasteiger partial charge in [0.1, 0.15) is 5.60 Å². The molecule has 0 bridgehead atoms. The van der Waals surface area contributed by atoms with Gasteiger partial charge in [-0.15, -0.1) is 0 Å². The fourth-order valence-corrected chi connectivity index (χ4v) is 4.79. The number of anilines is 1. The van der Waals surface area contributed by atoms with Crippen molar-refractivity contribution in [2.24, 2.45) is 11.8 Å². The zero-order valence-corrected chi connectivity index (χ0v) is 20.6. The van der Waals surface area contributed by atoms with Crippen LogP contribution in [0.1, 0.15) is 59.2 Å². The first-order chi connectivity index (χ1) is 15.5. The fraction of sp³-hybridized carbons (Fsp3) is 0.640. The van der Waals surface area contributed by atoms with Crippen LogP contribution in [0, 0.1) is 11.8 Å². The van der Waals surface area contributed by atoms with E-state index in [-0.39, 0.29) is 12.1 Å². The van der Waals surface area contributed by atoms with E-state index in [9.17, 15) is 9.90 Å². The van der Waals surface area contributed by atoms with Crippen molar-refractivity contribution in [2.45, 2.75) is 78.8 Å². The predicted octanol–water partition coefficient (Wildman–Crippen LogP) is 3.69. The molecular weight excluding hydrogens is 418 g/mol. The largest absolute Gasteiger partial charge is 0.444 e. The van der Waals surface area contributed by atoms with Crippen LogP contribution in [0.3, 0.4) is 0 Å². The van der Waals surface area contributed by atoms with Crippen LogP contribution in [-0.4, -0.2) is 61.8 Å². The number of fused-ring (bicyclic) bond motifs is 1. The molecule has 0 saturated carbocycles. The molecule has 1 saturated heterocycles. The predicted molar refractivity (Wildman–Crippen MR) is 127 cm³/mol. The normalized spacial score (nSPS) is 28.2. The fourth-order valence-electron chi connectivity index (χ4n) is 4.79. The lowest BCUT2D eigenvalue weighted by molar-refractivity contribution is -0.0288. The molecule has 1 amide bonds. The van der Waals surface area contributed by atoms with Crippen molar-refractivity contribution in [1.29, 1.82) is 0 Å². The second kappa shape index (κ2) is 9.06. The lowest BCUT2D eigenvalue weighted by Crippen LogP contribution is -2.55. The molecule has 180 valence electrons. The molecule has 0 spiro atoms. The van der Waals surface area contributed by atoms with E-state index in [1.807, 2.05) is 27.0 Å². The molecule has 2 aliphatic heterocycles. The molecule has 2 N–H and O–H groups in total. The Morgan fingerprint density at radius 2 is 2.03 bits per heavy atom. The van der Waals surface area contributed by atoms with Crippen LogP contribution >= 0.6 is 0 Å². The average Bonchev–Trinajstić information content (AvgIpc) is 3.13. The Bertz CT molecular complexity index is 967. The highest BCUT2D eigenvalue weighted by Gasteiger charge is 2.38. The van der Waals surface area contributed by atoms with E-state index < -0.39 is 11.7 Å². The van der Waals surface area contributed by atoms with E-state index in [1.54, 1.807) is 4.90 Å².